The van der Waals surface area contributed by atoms with Crippen LogP contribution in [0, 0.1) is 6.92 Å². The molecule has 1 aromatic heterocycles. The van der Waals surface area contributed by atoms with Gasteiger partial charge in [0.05, 0.1) is 6.61 Å². The van der Waals surface area contributed by atoms with Gasteiger partial charge in [0.1, 0.15) is 0 Å². The molecule has 1 atom stereocenters. The Morgan fingerprint density at radius 3 is 2.82 bits per heavy atom. The average Bonchev–Trinajstić information content (AvgIpc) is 2.39. The van der Waals surface area contributed by atoms with Gasteiger partial charge in [0, 0.05) is 17.3 Å². The van der Waals surface area contributed by atoms with Crippen molar-refractivity contribution >= 4 is 11.3 Å². The zero-order valence-electron chi connectivity index (χ0n) is 6.58. The molecule has 0 spiro atoms. The number of aryl methyl sites for hydroxylation is 1. The molecule has 0 fully saturated rings. The molecule has 0 aromatic carbocycles. The molecule has 0 bridgehead atoms. The highest BCUT2D eigenvalue weighted by molar-refractivity contribution is 7.10. The van der Waals surface area contributed by atoms with Gasteiger partial charge in [0.15, 0.2) is 0 Å². The fraction of sp³-hybridized carbons (Fsp3) is 0.500. The molecule has 0 amide bonds. The predicted molar refractivity (Wildman–Crippen MR) is 47.9 cm³/mol. The summed E-state index contributed by atoms with van der Waals surface area (Å²) in [7, 11) is 0. The lowest BCUT2D eigenvalue weighted by Gasteiger charge is -2.07. The Morgan fingerprint density at radius 1 is 1.73 bits per heavy atom. The molecule has 0 saturated carbocycles. The largest absolute Gasteiger partial charge is 0.396 e. The van der Waals surface area contributed by atoms with Gasteiger partial charge in [0.2, 0.25) is 0 Å². The van der Waals surface area contributed by atoms with Crippen LogP contribution in [0.2, 0.25) is 0 Å². The molecule has 0 aliphatic carbocycles. The van der Waals surface area contributed by atoms with E-state index in [1.165, 1.54) is 10.4 Å². The van der Waals surface area contributed by atoms with Gasteiger partial charge in [-0.1, -0.05) is 0 Å². The van der Waals surface area contributed by atoms with E-state index in [1.54, 1.807) is 11.3 Å². The maximum Gasteiger partial charge on any atom is 0.0519 e. The fourth-order valence-corrected chi connectivity index (χ4v) is 1.96. The quantitative estimate of drug-likeness (QED) is 0.715. The highest BCUT2D eigenvalue weighted by Gasteiger charge is 2.09. The molecule has 0 aliphatic rings. The number of hydrogen-bond donors (Lipinski definition) is 2. The van der Waals surface area contributed by atoms with Crippen molar-refractivity contribution in [1.82, 2.24) is 0 Å². The molecule has 62 valence electrons. The van der Waals surface area contributed by atoms with Crippen molar-refractivity contribution in [3.8, 4) is 0 Å². The smallest absolute Gasteiger partial charge is 0.0519 e. The van der Waals surface area contributed by atoms with E-state index in [9.17, 15) is 0 Å². The molecule has 0 saturated heterocycles. The van der Waals surface area contributed by atoms with Gasteiger partial charge in [-0.2, -0.15) is 0 Å². The maximum atomic E-state index is 8.92. The molecule has 2 nitrogen and oxygen atoms in total. The second kappa shape index (κ2) is 3.85. The Labute approximate surface area is 70.7 Å². The first kappa shape index (κ1) is 8.71. The zero-order chi connectivity index (χ0) is 8.27. The highest BCUT2D eigenvalue weighted by Crippen LogP contribution is 2.22. The predicted octanol–water partition coefficient (Wildman–Crippen LogP) is 1.09. The van der Waals surface area contributed by atoms with E-state index in [-0.39, 0.29) is 12.5 Å². The molecule has 0 aliphatic heterocycles. The minimum absolute atomic E-state index is 0.133. The fourth-order valence-electron chi connectivity index (χ4n) is 0.948. The van der Waals surface area contributed by atoms with Gasteiger partial charge in [-0.15, -0.1) is 11.3 Å². The van der Waals surface area contributed by atoms with Crippen LogP contribution in [0.4, 0.5) is 0 Å². The Bertz CT molecular complexity index is 218. The van der Waals surface area contributed by atoms with Crippen LogP contribution in [0.25, 0.3) is 0 Å². The number of nitrogens with two attached hydrogens (primary N) is 1. The molecule has 11 heavy (non-hydrogen) atoms. The standard InChI is InChI=1S/C8H13NOS/c1-6-2-8(11-5-6)7(3-9)4-10/h2,5,7,10H,3-4,9H2,1H3. The van der Waals surface area contributed by atoms with Gasteiger partial charge in [-0.25, -0.2) is 0 Å². The van der Waals surface area contributed by atoms with Gasteiger partial charge in [-0.05, 0) is 23.9 Å². The monoisotopic (exact) mass is 171 g/mol. The van der Waals surface area contributed by atoms with Crippen molar-refractivity contribution in [3.05, 3.63) is 21.9 Å². The van der Waals surface area contributed by atoms with Crippen LogP contribution < -0.4 is 5.73 Å². The molecule has 1 aromatic rings. The van der Waals surface area contributed by atoms with Crippen LogP contribution in [-0.4, -0.2) is 18.3 Å². The van der Waals surface area contributed by atoms with E-state index in [0.29, 0.717) is 6.54 Å². The van der Waals surface area contributed by atoms with Crippen LogP contribution in [0.1, 0.15) is 16.4 Å². The summed E-state index contributed by atoms with van der Waals surface area (Å²) < 4.78 is 0. The van der Waals surface area contributed by atoms with Crippen molar-refractivity contribution < 1.29 is 5.11 Å². The SMILES string of the molecule is Cc1csc(C(CN)CO)c1. The molecule has 0 radical (unpaired) electrons. The van der Waals surface area contributed by atoms with Crippen molar-refractivity contribution in [2.75, 3.05) is 13.2 Å². The van der Waals surface area contributed by atoms with Crippen LogP contribution in [0.3, 0.4) is 0 Å². The Balaban J connectivity index is 2.73. The van der Waals surface area contributed by atoms with E-state index < -0.39 is 0 Å². The first-order chi connectivity index (χ1) is 5.27. The Kier molecular flexibility index (Phi) is 3.05. The lowest BCUT2D eigenvalue weighted by Crippen LogP contribution is -2.14. The summed E-state index contributed by atoms with van der Waals surface area (Å²) in [5.74, 6) is 0.133. The first-order valence-electron chi connectivity index (χ1n) is 3.64. The highest BCUT2D eigenvalue weighted by atomic mass is 32.1. The van der Waals surface area contributed by atoms with E-state index >= 15 is 0 Å². The molecule has 3 heteroatoms. The lowest BCUT2D eigenvalue weighted by molar-refractivity contribution is 0.269. The summed E-state index contributed by atoms with van der Waals surface area (Å²) in [6, 6.07) is 2.08. The first-order valence-corrected chi connectivity index (χ1v) is 4.52. The minimum Gasteiger partial charge on any atom is -0.396 e. The van der Waals surface area contributed by atoms with Crippen molar-refractivity contribution in [3.63, 3.8) is 0 Å². The summed E-state index contributed by atoms with van der Waals surface area (Å²) >= 11 is 1.67. The molecule has 3 N–H and O–H groups in total. The van der Waals surface area contributed by atoms with Crippen molar-refractivity contribution in [1.29, 1.82) is 0 Å². The molecule has 1 rings (SSSR count). The maximum absolute atomic E-state index is 8.92. The average molecular weight is 171 g/mol. The Hall–Kier alpha value is -0.380. The molecular formula is C8H13NOS. The van der Waals surface area contributed by atoms with Crippen LogP contribution in [0.15, 0.2) is 11.4 Å². The molecule has 1 unspecified atom stereocenters. The second-order valence-electron chi connectivity index (χ2n) is 2.64. The minimum atomic E-state index is 0.133. The normalized spacial score (nSPS) is 13.4. The summed E-state index contributed by atoms with van der Waals surface area (Å²) in [6.45, 7) is 2.72. The summed E-state index contributed by atoms with van der Waals surface area (Å²) in [5, 5.41) is 11.0. The third kappa shape index (κ3) is 2.02. The van der Waals surface area contributed by atoms with Gasteiger partial charge >= 0.3 is 0 Å². The van der Waals surface area contributed by atoms with E-state index in [2.05, 4.69) is 11.4 Å². The number of rotatable bonds is 3. The topological polar surface area (TPSA) is 46.2 Å². The molecular weight excluding hydrogens is 158 g/mol. The Morgan fingerprint density at radius 2 is 2.45 bits per heavy atom. The summed E-state index contributed by atoms with van der Waals surface area (Å²) in [4.78, 5) is 1.19. The third-order valence-electron chi connectivity index (χ3n) is 1.66. The number of thiophene rings is 1. The lowest BCUT2D eigenvalue weighted by atomic mass is 10.1. The van der Waals surface area contributed by atoms with Crippen LogP contribution >= 0.6 is 11.3 Å². The summed E-state index contributed by atoms with van der Waals surface area (Å²) in [5.41, 5.74) is 6.72. The van der Waals surface area contributed by atoms with Gasteiger partial charge < -0.3 is 10.8 Å². The second-order valence-corrected chi connectivity index (χ2v) is 3.58. The third-order valence-corrected chi connectivity index (χ3v) is 2.87. The van der Waals surface area contributed by atoms with E-state index in [4.69, 9.17) is 10.8 Å². The van der Waals surface area contributed by atoms with E-state index in [0.717, 1.165) is 0 Å². The van der Waals surface area contributed by atoms with Crippen LogP contribution in [-0.2, 0) is 0 Å². The van der Waals surface area contributed by atoms with E-state index in [1.807, 2.05) is 6.92 Å². The van der Waals surface area contributed by atoms with Gasteiger partial charge in [0.25, 0.3) is 0 Å². The number of hydrogen-bond acceptors (Lipinski definition) is 3. The number of aliphatic hydroxyl groups is 1. The number of aliphatic hydroxyl groups excluding tert-OH is 1. The van der Waals surface area contributed by atoms with Crippen molar-refractivity contribution in [2.45, 2.75) is 12.8 Å². The van der Waals surface area contributed by atoms with Crippen LogP contribution in [0.5, 0.6) is 0 Å². The van der Waals surface area contributed by atoms with Gasteiger partial charge in [-0.3, -0.25) is 0 Å². The molecule has 1 heterocycles. The zero-order valence-corrected chi connectivity index (χ0v) is 7.40. The summed E-state index contributed by atoms with van der Waals surface area (Å²) in [6.07, 6.45) is 0. The van der Waals surface area contributed by atoms with Crippen molar-refractivity contribution in [2.24, 2.45) is 5.73 Å².